The lowest BCUT2D eigenvalue weighted by Crippen LogP contribution is -2.04. The molecule has 2 aromatic heterocycles. The summed E-state index contributed by atoms with van der Waals surface area (Å²) in [5, 5.41) is 9.89. The largest absolute Gasteiger partial charge is 0.364 e. The van der Waals surface area contributed by atoms with Crippen LogP contribution in [0.15, 0.2) is 22.9 Å². The molecule has 0 radical (unpaired) electrons. The molecule has 16 heavy (non-hydrogen) atoms. The second-order valence-electron chi connectivity index (χ2n) is 3.30. The minimum Gasteiger partial charge on any atom is -0.364 e. The first-order valence-corrected chi connectivity index (χ1v) is 4.95. The van der Waals surface area contributed by atoms with Crippen LogP contribution in [-0.4, -0.2) is 22.2 Å². The molecule has 0 aliphatic heterocycles. The first kappa shape index (κ1) is 10.4. The van der Waals surface area contributed by atoms with Gasteiger partial charge in [0.25, 0.3) is 0 Å². The van der Waals surface area contributed by atoms with Gasteiger partial charge < -0.3 is 15.2 Å². The number of aromatic nitrogens is 3. The monoisotopic (exact) mass is 219 g/mol. The smallest absolute Gasteiger partial charge is 0.224 e. The van der Waals surface area contributed by atoms with Crippen LogP contribution in [0.2, 0.25) is 0 Å². The number of nitrogens with zero attached hydrogens (tertiary/aromatic N) is 3. The molecular weight excluding hydrogens is 206 g/mol. The molecule has 0 saturated carbocycles. The van der Waals surface area contributed by atoms with Gasteiger partial charge >= 0.3 is 0 Å². The molecule has 0 bridgehead atoms. The van der Waals surface area contributed by atoms with Gasteiger partial charge in [0.1, 0.15) is 17.3 Å². The Hall–Kier alpha value is -2.11. The topological polar surface area (TPSA) is 75.9 Å². The van der Waals surface area contributed by atoms with Crippen LogP contribution >= 0.6 is 0 Å². The van der Waals surface area contributed by atoms with Crippen LogP contribution in [-0.2, 0) is 6.54 Å². The quantitative estimate of drug-likeness (QED) is 0.810. The summed E-state index contributed by atoms with van der Waals surface area (Å²) in [4.78, 5) is 8.24. The SMILES string of the molecule is CNc1nccc(NCc2cc(C)on2)n1. The van der Waals surface area contributed by atoms with Gasteiger partial charge in [-0.15, -0.1) is 0 Å². The molecule has 2 N–H and O–H groups in total. The van der Waals surface area contributed by atoms with Gasteiger partial charge in [0.2, 0.25) is 5.95 Å². The van der Waals surface area contributed by atoms with E-state index in [1.54, 1.807) is 19.3 Å². The molecule has 0 atom stereocenters. The molecule has 6 nitrogen and oxygen atoms in total. The summed E-state index contributed by atoms with van der Waals surface area (Å²) in [6, 6.07) is 3.68. The molecule has 0 aromatic carbocycles. The van der Waals surface area contributed by atoms with Crippen LogP contribution in [0.4, 0.5) is 11.8 Å². The van der Waals surface area contributed by atoms with E-state index in [-0.39, 0.29) is 0 Å². The Morgan fingerprint density at radius 1 is 1.44 bits per heavy atom. The molecule has 6 heteroatoms. The van der Waals surface area contributed by atoms with Crippen LogP contribution in [0.3, 0.4) is 0 Å². The summed E-state index contributed by atoms with van der Waals surface area (Å²) in [6.45, 7) is 2.44. The zero-order valence-corrected chi connectivity index (χ0v) is 9.19. The van der Waals surface area contributed by atoms with Crippen molar-refractivity contribution < 1.29 is 4.52 Å². The van der Waals surface area contributed by atoms with E-state index < -0.39 is 0 Å². The normalized spacial score (nSPS) is 10.1. The van der Waals surface area contributed by atoms with Gasteiger partial charge in [-0.25, -0.2) is 4.98 Å². The van der Waals surface area contributed by atoms with Crippen molar-refractivity contribution in [1.82, 2.24) is 15.1 Å². The van der Waals surface area contributed by atoms with Crippen molar-refractivity contribution in [2.75, 3.05) is 17.7 Å². The van der Waals surface area contributed by atoms with Crippen molar-refractivity contribution in [3.63, 3.8) is 0 Å². The first-order valence-electron chi connectivity index (χ1n) is 4.95. The molecule has 0 saturated heterocycles. The third kappa shape index (κ3) is 2.47. The summed E-state index contributed by atoms with van der Waals surface area (Å²) < 4.78 is 4.96. The first-order chi connectivity index (χ1) is 7.78. The van der Waals surface area contributed by atoms with Crippen LogP contribution in [0.25, 0.3) is 0 Å². The maximum Gasteiger partial charge on any atom is 0.224 e. The molecule has 84 valence electrons. The van der Waals surface area contributed by atoms with E-state index in [1.807, 2.05) is 13.0 Å². The van der Waals surface area contributed by atoms with Crippen molar-refractivity contribution in [1.29, 1.82) is 0 Å². The second kappa shape index (κ2) is 4.61. The Kier molecular flexibility index (Phi) is 3.00. The Labute approximate surface area is 93.1 Å². The Bertz CT molecular complexity index is 468. The van der Waals surface area contributed by atoms with Gasteiger partial charge in [-0.05, 0) is 13.0 Å². The highest BCUT2D eigenvalue weighted by Gasteiger charge is 2.01. The van der Waals surface area contributed by atoms with E-state index >= 15 is 0 Å². The Morgan fingerprint density at radius 3 is 3.00 bits per heavy atom. The predicted molar refractivity (Wildman–Crippen MR) is 60.1 cm³/mol. The van der Waals surface area contributed by atoms with E-state index in [0.29, 0.717) is 12.5 Å². The third-order valence-electron chi connectivity index (χ3n) is 2.01. The summed E-state index contributed by atoms with van der Waals surface area (Å²) in [7, 11) is 1.78. The Morgan fingerprint density at radius 2 is 2.31 bits per heavy atom. The molecular formula is C10H13N5O. The molecule has 0 unspecified atom stereocenters. The highest BCUT2D eigenvalue weighted by molar-refractivity contribution is 5.39. The van der Waals surface area contributed by atoms with Gasteiger partial charge in [-0.3, -0.25) is 0 Å². The number of rotatable bonds is 4. The second-order valence-corrected chi connectivity index (χ2v) is 3.30. The fourth-order valence-electron chi connectivity index (χ4n) is 1.26. The fraction of sp³-hybridized carbons (Fsp3) is 0.300. The zero-order chi connectivity index (χ0) is 11.4. The summed E-state index contributed by atoms with van der Waals surface area (Å²) in [6.07, 6.45) is 1.69. The van der Waals surface area contributed by atoms with Gasteiger partial charge in [0, 0.05) is 19.3 Å². The van der Waals surface area contributed by atoms with E-state index in [1.165, 1.54) is 0 Å². The van der Waals surface area contributed by atoms with E-state index in [4.69, 9.17) is 4.52 Å². The minimum absolute atomic E-state index is 0.581. The average molecular weight is 219 g/mol. The molecule has 0 spiro atoms. The van der Waals surface area contributed by atoms with Gasteiger partial charge in [0.15, 0.2) is 0 Å². The molecule has 2 rings (SSSR count). The number of hydrogen-bond donors (Lipinski definition) is 2. The maximum atomic E-state index is 4.96. The van der Waals surface area contributed by atoms with Crippen molar-refractivity contribution in [3.8, 4) is 0 Å². The highest BCUT2D eigenvalue weighted by Crippen LogP contribution is 2.08. The molecule has 0 aliphatic rings. The minimum atomic E-state index is 0.581. The van der Waals surface area contributed by atoms with Crippen molar-refractivity contribution >= 4 is 11.8 Å². The number of anilines is 2. The number of aryl methyl sites for hydroxylation is 1. The average Bonchev–Trinajstić information content (AvgIpc) is 2.73. The van der Waals surface area contributed by atoms with Gasteiger partial charge in [0.05, 0.1) is 6.54 Å². The van der Waals surface area contributed by atoms with Crippen molar-refractivity contribution in [2.24, 2.45) is 0 Å². The Balaban J connectivity index is 1.99. The zero-order valence-electron chi connectivity index (χ0n) is 9.19. The predicted octanol–water partition coefficient (Wildman–Crippen LogP) is 1.43. The van der Waals surface area contributed by atoms with Gasteiger partial charge in [-0.1, -0.05) is 5.16 Å². The third-order valence-corrected chi connectivity index (χ3v) is 2.01. The van der Waals surface area contributed by atoms with Crippen LogP contribution in [0.5, 0.6) is 0 Å². The number of nitrogens with one attached hydrogen (secondary N) is 2. The van der Waals surface area contributed by atoms with Crippen molar-refractivity contribution in [2.45, 2.75) is 13.5 Å². The van der Waals surface area contributed by atoms with E-state index in [2.05, 4.69) is 25.8 Å². The summed E-state index contributed by atoms with van der Waals surface area (Å²) in [5.41, 5.74) is 0.849. The standard InChI is InChI=1S/C10H13N5O/c1-7-5-8(15-16-7)6-13-9-3-4-12-10(11-2)14-9/h3-5H,6H2,1-2H3,(H2,11,12,13,14). The van der Waals surface area contributed by atoms with Crippen LogP contribution < -0.4 is 10.6 Å². The van der Waals surface area contributed by atoms with E-state index in [9.17, 15) is 0 Å². The van der Waals surface area contributed by atoms with E-state index in [0.717, 1.165) is 17.3 Å². The fourth-order valence-corrected chi connectivity index (χ4v) is 1.26. The van der Waals surface area contributed by atoms with Crippen molar-refractivity contribution in [3.05, 3.63) is 29.8 Å². The molecule has 2 heterocycles. The lowest BCUT2D eigenvalue weighted by atomic mass is 10.4. The lowest BCUT2D eigenvalue weighted by Gasteiger charge is -2.04. The highest BCUT2D eigenvalue weighted by atomic mass is 16.5. The van der Waals surface area contributed by atoms with Crippen LogP contribution in [0, 0.1) is 6.92 Å². The molecule has 2 aromatic rings. The summed E-state index contributed by atoms with van der Waals surface area (Å²) in [5.74, 6) is 2.14. The number of hydrogen-bond acceptors (Lipinski definition) is 6. The van der Waals surface area contributed by atoms with Gasteiger partial charge in [-0.2, -0.15) is 4.98 Å². The lowest BCUT2D eigenvalue weighted by molar-refractivity contribution is 0.391. The molecule has 0 amide bonds. The van der Waals surface area contributed by atoms with Crippen LogP contribution in [0.1, 0.15) is 11.5 Å². The summed E-state index contributed by atoms with van der Waals surface area (Å²) >= 11 is 0. The molecule has 0 aliphatic carbocycles. The molecule has 0 fully saturated rings. The maximum absolute atomic E-state index is 4.96.